The molecule has 26 heavy (non-hydrogen) atoms. The van der Waals surface area contributed by atoms with E-state index in [0.717, 1.165) is 21.2 Å². The molecule has 0 atom stereocenters. The predicted molar refractivity (Wildman–Crippen MR) is 99.6 cm³/mol. The highest BCUT2D eigenvalue weighted by Crippen LogP contribution is 2.35. The molecular weight excluding hydrogens is 351 g/mol. The Bertz CT molecular complexity index is 909. The fraction of sp³-hybridized carbons (Fsp3) is 0.211. The van der Waals surface area contributed by atoms with Crippen LogP contribution in [0.15, 0.2) is 63.9 Å². The minimum absolute atomic E-state index is 0.163. The number of nitrogens with zero attached hydrogens (tertiary/aromatic N) is 4. The number of rotatable bonds is 6. The average molecular weight is 370 g/mol. The van der Waals surface area contributed by atoms with Crippen LogP contribution in [0.25, 0.3) is 0 Å². The summed E-state index contributed by atoms with van der Waals surface area (Å²) in [5.41, 5.74) is 1.92. The SMILES string of the molecule is CC(C)c1nc(/C=N/O)n(Cc2ccncc2)c1Sc1cccc(F)c1. The number of imidazole rings is 1. The Labute approximate surface area is 155 Å². The molecule has 0 bridgehead atoms. The highest BCUT2D eigenvalue weighted by molar-refractivity contribution is 7.99. The van der Waals surface area contributed by atoms with Crippen molar-refractivity contribution in [1.29, 1.82) is 0 Å². The lowest BCUT2D eigenvalue weighted by atomic mass is 10.1. The first kappa shape index (κ1) is 18.1. The van der Waals surface area contributed by atoms with Crippen molar-refractivity contribution in [1.82, 2.24) is 14.5 Å². The topological polar surface area (TPSA) is 63.3 Å². The van der Waals surface area contributed by atoms with Gasteiger partial charge in [-0.3, -0.25) is 4.98 Å². The standard InChI is InChI=1S/C19H19FN4OS/c1-13(2)18-19(26-16-5-3-4-15(20)10-16)24(17(23-18)11-22-25)12-14-6-8-21-9-7-14/h3-11,13,25H,12H2,1-2H3/b22-11+. The quantitative estimate of drug-likeness (QED) is 0.393. The van der Waals surface area contributed by atoms with Crippen molar-refractivity contribution in [2.45, 2.75) is 36.2 Å². The van der Waals surface area contributed by atoms with Crippen LogP contribution in [0.5, 0.6) is 0 Å². The van der Waals surface area contributed by atoms with Crippen LogP contribution in [0.2, 0.25) is 0 Å². The molecule has 0 radical (unpaired) electrons. The van der Waals surface area contributed by atoms with Crippen LogP contribution in [0, 0.1) is 5.82 Å². The highest BCUT2D eigenvalue weighted by Gasteiger charge is 2.20. The number of hydrogen-bond donors (Lipinski definition) is 1. The summed E-state index contributed by atoms with van der Waals surface area (Å²) in [5, 5.41) is 13.1. The summed E-state index contributed by atoms with van der Waals surface area (Å²) in [6.07, 6.45) is 4.78. The third kappa shape index (κ3) is 4.11. The second-order valence-corrected chi connectivity index (χ2v) is 7.12. The predicted octanol–water partition coefficient (Wildman–Crippen LogP) is 4.55. The van der Waals surface area contributed by atoms with Crippen molar-refractivity contribution >= 4 is 18.0 Å². The Kier molecular flexibility index (Phi) is 5.68. The maximum Gasteiger partial charge on any atom is 0.156 e. The average Bonchev–Trinajstić information content (AvgIpc) is 2.94. The Morgan fingerprint density at radius 2 is 2.04 bits per heavy atom. The van der Waals surface area contributed by atoms with E-state index in [0.29, 0.717) is 12.4 Å². The normalized spacial score (nSPS) is 11.5. The number of aromatic nitrogens is 3. The van der Waals surface area contributed by atoms with Crippen LogP contribution >= 0.6 is 11.8 Å². The molecule has 0 saturated carbocycles. The van der Waals surface area contributed by atoms with E-state index in [2.05, 4.69) is 29.0 Å². The maximum atomic E-state index is 13.6. The fourth-order valence-corrected chi connectivity index (χ4v) is 3.77. The zero-order chi connectivity index (χ0) is 18.5. The molecule has 7 heteroatoms. The molecule has 0 spiro atoms. The molecule has 5 nitrogen and oxygen atoms in total. The smallest absolute Gasteiger partial charge is 0.156 e. The largest absolute Gasteiger partial charge is 0.411 e. The number of benzene rings is 1. The summed E-state index contributed by atoms with van der Waals surface area (Å²) in [7, 11) is 0. The second-order valence-electron chi connectivity index (χ2n) is 6.06. The van der Waals surface area contributed by atoms with Crippen LogP contribution < -0.4 is 0 Å². The zero-order valence-corrected chi connectivity index (χ0v) is 15.3. The van der Waals surface area contributed by atoms with Gasteiger partial charge >= 0.3 is 0 Å². The Morgan fingerprint density at radius 1 is 1.27 bits per heavy atom. The van der Waals surface area contributed by atoms with Gasteiger partial charge in [-0.1, -0.05) is 36.8 Å². The van der Waals surface area contributed by atoms with Gasteiger partial charge in [0.1, 0.15) is 17.1 Å². The molecule has 0 aliphatic carbocycles. The third-order valence-corrected chi connectivity index (χ3v) is 4.91. The van der Waals surface area contributed by atoms with Gasteiger partial charge in [0.05, 0.1) is 12.2 Å². The number of hydrogen-bond acceptors (Lipinski definition) is 5. The zero-order valence-electron chi connectivity index (χ0n) is 14.5. The molecule has 0 saturated heterocycles. The number of halogens is 1. The van der Waals surface area contributed by atoms with Crippen LogP contribution in [0.3, 0.4) is 0 Å². The van der Waals surface area contributed by atoms with Crippen LogP contribution in [0.4, 0.5) is 4.39 Å². The number of oxime groups is 1. The molecule has 134 valence electrons. The minimum atomic E-state index is -0.279. The van der Waals surface area contributed by atoms with Gasteiger partial charge in [0.15, 0.2) is 5.82 Å². The summed E-state index contributed by atoms with van der Waals surface area (Å²) < 4.78 is 15.6. The van der Waals surface area contributed by atoms with Gasteiger partial charge in [-0.2, -0.15) is 0 Å². The van der Waals surface area contributed by atoms with Crippen molar-refractivity contribution in [3.8, 4) is 0 Å². The molecule has 0 unspecified atom stereocenters. The van der Waals surface area contributed by atoms with Crippen LogP contribution in [-0.4, -0.2) is 26.0 Å². The lowest BCUT2D eigenvalue weighted by Crippen LogP contribution is -2.06. The summed E-state index contributed by atoms with van der Waals surface area (Å²) in [6.45, 7) is 4.64. The highest BCUT2D eigenvalue weighted by atomic mass is 32.2. The summed E-state index contributed by atoms with van der Waals surface area (Å²) in [5.74, 6) is 0.431. The van der Waals surface area contributed by atoms with Crippen molar-refractivity contribution in [2.75, 3.05) is 0 Å². The second kappa shape index (κ2) is 8.14. The molecule has 0 aliphatic rings. The van der Waals surface area contributed by atoms with E-state index in [9.17, 15) is 4.39 Å². The van der Waals surface area contributed by atoms with Gasteiger partial charge in [0, 0.05) is 17.3 Å². The van der Waals surface area contributed by atoms with Crippen molar-refractivity contribution in [3.05, 3.63) is 71.7 Å². The van der Waals surface area contributed by atoms with Crippen molar-refractivity contribution < 1.29 is 9.60 Å². The molecule has 3 aromatic rings. The van der Waals surface area contributed by atoms with Crippen molar-refractivity contribution in [3.63, 3.8) is 0 Å². The molecular formula is C19H19FN4OS. The van der Waals surface area contributed by atoms with Gasteiger partial charge in [-0.25, -0.2) is 9.37 Å². The molecule has 0 aliphatic heterocycles. The van der Waals surface area contributed by atoms with Gasteiger partial charge in [0.2, 0.25) is 0 Å². The molecule has 0 fully saturated rings. The lowest BCUT2D eigenvalue weighted by molar-refractivity contribution is 0.321. The molecule has 0 amide bonds. The maximum absolute atomic E-state index is 13.6. The Balaban J connectivity index is 2.09. The monoisotopic (exact) mass is 370 g/mol. The number of pyridine rings is 1. The van der Waals surface area contributed by atoms with E-state index < -0.39 is 0 Å². The van der Waals surface area contributed by atoms with Gasteiger partial charge in [-0.05, 0) is 41.8 Å². The molecule has 2 aromatic heterocycles. The van der Waals surface area contributed by atoms with Gasteiger partial charge in [0.25, 0.3) is 0 Å². The first-order chi connectivity index (χ1) is 12.6. The third-order valence-electron chi connectivity index (χ3n) is 3.80. The molecule has 1 N–H and O–H groups in total. The van der Waals surface area contributed by atoms with E-state index in [1.165, 1.54) is 30.1 Å². The summed E-state index contributed by atoms with van der Waals surface area (Å²) >= 11 is 1.45. The first-order valence-electron chi connectivity index (χ1n) is 8.18. The molecule has 2 heterocycles. The van der Waals surface area contributed by atoms with E-state index in [-0.39, 0.29) is 11.7 Å². The lowest BCUT2D eigenvalue weighted by Gasteiger charge is -2.12. The van der Waals surface area contributed by atoms with Crippen LogP contribution in [-0.2, 0) is 6.54 Å². The summed E-state index contributed by atoms with van der Waals surface area (Å²) in [4.78, 5) is 9.47. The first-order valence-corrected chi connectivity index (χ1v) is 9.00. The van der Waals surface area contributed by atoms with Crippen LogP contribution in [0.1, 0.15) is 36.8 Å². The fourth-order valence-electron chi connectivity index (χ4n) is 2.57. The van der Waals surface area contributed by atoms with Gasteiger partial charge < -0.3 is 9.77 Å². The molecule has 1 aromatic carbocycles. The van der Waals surface area contributed by atoms with E-state index >= 15 is 0 Å². The van der Waals surface area contributed by atoms with Crippen molar-refractivity contribution in [2.24, 2.45) is 5.16 Å². The Morgan fingerprint density at radius 3 is 2.69 bits per heavy atom. The Hall–Kier alpha value is -2.67. The van der Waals surface area contributed by atoms with E-state index in [1.54, 1.807) is 18.5 Å². The van der Waals surface area contributed by atoms with Gasteiger partial charge in [-0.15, -0.1) is 0 Å². The van der Waals surface area contributed by atoms with E-state index in [1.807, 2.05) is 22.8 Å². The summed E-state index contributed by atoms with van der Waals surface area (Å²) in [6, 6.07) is 10.3. The minimum Gasteiger partial charge on any atom is -0.411 e. The van der Waals surface area contributed by atoms with E-state index in [4.69, 9.17) is 5.21 Å². The molecule has 3 rings (SSSR count).